The molecule has 1 aromatic carbocycles. The van der Waals surface area contributed by atoms with Crippen molar-refractivity contribution in [1.29, 1.82) is 10.5 Å². The van der Waals surface area contributed by atoms with E-state index in [1.165, 1.54) is 6.20 Å². The first kappa shape index (κ1) is 18.7. The molecule has 1 N–H and O–H groups in total. The van der Waals surface area contributed by atoms with Crippen LogP contribution in [0, 0.1) is 36.5 Å². The summed E-state index contributed by atoms with van der Waals surface area (Å²) in [6.45, 7) is 4.18. The Morgan fingerprint density at radius 2 is 1.81 bits per heavy atom. The number of rotatable bonds is 4. The third-order valence-electron chi connectivity index (χ3n) is 4.68. The van der Waals surface area contributed by atoms with Crippen molar-refractivity contribution in [3.8, 4) is 23.3 Å². The highest BCUT2D eigenvalue weighted by atomic mass is 35.5. The van der Waals surface area contributed by atoms with E-state index in [2.05, 4.69) is 17.1 Å². The highest BCUT2D eigenvalue weighted by Crippen LogP contribution is 2.32. The molecule has 2 aromatic heterocycles. The first-order valence-electron chi connectivity index (χ1n) is 8.34. The zero-order valence-corrected chi connectivity index (χ0v) is 15.7. The van der Waals surface area contributed by atoms with Gasteiger partial charge in [0, 0.05) is 23.1 Å². The molecule has 2 heterocycles. The Morgan fingerprint density at radius 3 is 2.41 bits per heavy atom. The summed E-state index contributed by atoms with van der Waals surface area (Å²) < 4.78 is 2.03. The van der Waals surface area contributed by atoms with Crippen LogP contribution in [-0.4, -0.2) is 14.7 Å². The van der Waals surface area contributed by atoms with Gasteiger partial charge in [-0.25, -0.2) is 0 Å². The molecule has 0 spiro atoms. The van der Waals surface area contributed by atoms with Crippen LogP contribution in [0.5, 0.6) is 0 Å². The van der Waals surface area contributed by atoms with Gasteiger partial charge in [-0.1, -0.05) is 23.7 Å². The van der Waals surface area contributed by atoms with E-state index in [9.17, 15) is 10.4 Å². The minimum absolute atomic E-state index is 0.155. The van der Waals surface area contributed by atoms with Crippen molar-refractivity contribution >= 4 is 11.6 Å². The second-order valence-corrected chi connectivity index (χ2v) is 6.64. The van der Waals surface area contributed by atoms with Gasteiger partial charge in [0.1, 0.15) is 6.07 Å². The van der Waals surface area contributed by atoms with E-state index in [1.807, 2.05) is 30.5 Å². The molecule has 5 nitrogen and oxygen atoms in total. The lowest BCUT2D eigenvalue weighted by atomic mass is 10.0. The van der Waals surface area contributed by atoms with Crippen LogP contribution in [0.15, 0.2) is 36.5 Å². The predicted molar refractivity (Wildman–Crippen MR) is 103 cm³/mol. The third-order valence-corrected chi connectivity index (χ3v) is 5.02. The van der Waals surface area contributed by atoms with Gasteiger partial charge in [0.25, 0.3) is 0 Å². The molecule has 0 aliphatic heterocycles. The number of benzene rings is 1. The summed E-state index contributed by atoms with van der Waals surface area (Å²) in [7, 11) is 0. The molecule has 0 amide bonds. The van der Waals surface area contributed by atoms with Crippen molar-refractivity contribution in [1.82, 2.24) is 9.55 Å². The molecule has 0 saturated heterocycles. The fraction of sp³-hybridized carbons (Fsp3) is 0.190. The summed E-state index contributed by atoms with van der Waals surface area (Å²) in [4.78, 5) is 4.34. The molecular formula is C21H17ClN4O. The lowest BCUT2D eigenvalue weighted by molar-refractivity contribution is 0.281. The number of hydrogen-bond donors (Lipinski definition) is 1. The molecule has 134 valence electrons. The molecule has 3 rings (SSSR count). The molecule has 0 radical (unpaired) electrons. The van der Waals surface area contributed by atoms with Crippen LogP contribution in [0.1, 0.15) is 33.8 Å². The van der Waals surface area contributed by atoms with E-state index < -0.39 is 0 Å². The second-order valence-electron chi connectivity index (χ2n) is 6.23. The predicted octanol–water partition coefficient (Wildman–Crippen LogP) is 4.10. The first-order chi connectivity index (χ1) is 13.0. The highest BCUT2D eigenvalue weighted by molar-refractivity contribution is 6.31. The van der Waals surface area contributed by atoms with E-state index in [0.29, 0.717) is 28.3 Å². The largest absolute Gasteiger partial charge is 0.392 e. The van der Waals surface area contributed by atoms with Gasteiger partial charge in [0.05, 0.1) is 41.1 Å². The van der Waals surface area contributed by atoms with Crippen molar-refractivity contribution in [3.05, 3.63) is 75.3 Å². The number of hydrogen-bond acceptors (Lipinski definition) is 4. The lowest BCUT2D eigenvalue weighted by Gasteiger charge is -2.11. The van der Waals surface area contributed by atoms with Crippen molar-refractivity contribution in [3.63, 3.8) is 0 Å². The summed E-state index contributed by atoms with van der Waals surface area (Å²) in [6, 6.07) is 13.4. The maximum Gasteiger partial charge on any atom is 0.102 e. The zero-order valence-electron chi connectivity index (χ0n) is 15.0. The number of nitriles is 2. The lowest BCUT2D eigenvalue weighted by Crippen LogP contribution is -2.06. The van der Waals surface area contributed by atoms with Crippen LogP contribution in [0.3, 0.4) is 0 Å². The summed E-state index contributed by atoms with van der Waals surface area (Å²) in [5.41, 5.74) is 6.09. The maximum absolute atomic E-state index is 9.70. The highest BCUT2D eigenvalue weighted by Gasteiger charge is 2.19. The SMILES string of the molecule is Cc1c(C#N)c(-c2ccc(C#N)cc2)c(C)n1Cc1cc(CO)c(Cl)cn1. The fourth-order valence-electron chi connectivity index (χ4n) is 3.22. The Labute approximate surface area is 162 Å². The van der Waals surface area contributed by atoms with E-state index >= 15 is 0 Å². The number of aliphatic hydroxyl groups excluding tert-OH is 1. The summed E-state index contributed by atoms with van der Waals surface area (Å²) in [6.07, 6.45) is 1.53. The van der Waals surface area contributed by atoms with Crippen molar-refractivity contribution in [2.75, 3.05) is 0 Å². The normalized spacial score (nSPS) is 10.4. The number of pyridine rings is 1. The third kappa shape index (κ3) is 3.44. The Hall–Kier alpha value is -3.12. The van der Waals surface area contributed by atoms with Crippen LogP contribution in [0.4, 0.5) is 0 Å². The average molecular weight is 377 g/mol. The van der Waals surface area contributed by atoms with E-state index in [4.69, 9.17) is 16.9 Å². The molecule has 0 unspecified atom stereocenters. The van der Waals surface area contributed by atoms with E-state index in [-0.39, 0.29) is 6.61 Å². The molecule has 3 aromatic rings. The molecule has 0 saturated carbocycles. The average Bonchev–Trinajstić information content (AvgIpc) is 2.93. The first-order valence-corrected chi connectivity index (χ1v) is 8.72. The Kier molecular flexibility index (Phi) is 5.28. The molecule has 0 aliphatic carbocycles. The number of halogens is 1. The number of nitrogens with zero attached hydrogens (tertiary/aromatic N) is 4. The Bertz CT molecular complexity index is 1090. The van der Waals surface area contributed by atoms with E-state index in [1.54, 1.807) is 18.2 Å². The van der Waals surface area contributed by atoms with Crippen LogP contribution >= 0.6 is 11.6 Å². The minimum Gasteiger partial charge on any atom is -0.392 e. The fourth-order valence-corrected chi connectivity index (χ4v) is 3.38. The van der Waals surface area contributed by atoms with Gasteiger partial charge in [-0.3, -0.25) is 4.98 Å². The topological polar surface area (TPSA) is 85.6 Å². The van der Waals surface area contributed by atoms with Crippen LogP contribution < -0.4 is 0 Å². The molecule has 0 bridgehead atoms. The van der Waals surface area contributed by atoms with E-state index in [0.717, 1.165) is 28.2 Å². The van der Waals surface area contributed by atoms with Gasteiger partial charge in [0.15, 0.2) is 0 Å². The molecule has 0 fully saturated rings. The van der Waals surface area contributed by atoms with Crippen LogP contribution in [0.2, 0.25) is 5.02 Å². The summed E-state index contributed by atoms with van der Waals surface area (Å²) in [5.74, 6) is 0. The van der Waals surface area contributed by atoms with Gasteiger partial charge in [-0.05, 0) is 43.2 Å². The van der Waals surface area contributed by atoms with Gasteiger partial charge >= 0.3 is 0 Å². The van der Waals surface area contributed by atoms with Gasteiger partial charge in [0.2, 0.25) is 0 Å². The quantitative estimate of drug-likeness (QED) is 0.742. The van der Waals surface area contributed by atoms with Crippen molar-refractivity contribution < 1.29 is 5.11 Å². The van der Waals surface area contributed by atoms with Crippen LogP contribution in [0.25, 0.3) is 11.1 Å². The molecule has 0 atom stereocenters. The molecule has 0 aliphatic rings. The van der Waals surface area contributed by atoms with Crippen molar-refractivity contribution in [2.45, 2.75) is 27.0 Å². The number of aliphatic hydroxyl groups is 1. The molecular weight excluding hydrogens is 360 g/mol. The van der Waals surface area contributed by atoms with Crippen molar-refractivity contribution in [2.24, 2.45) is 0 Å². The minimum atomic E-state index is -0.155. The Morgan fingerprint density at radius 1 is 1.11 bits per heavy atom. The smallest absolute Gasteiger partial charge is 0.102 e. The molecule has 6 heteroatoms. The summed E-state index contributed by atoms with van der Waals surface area (Å²) >= 11 is 6.02. The monoisotopic (exact) mass is 376 g/mol. The van der Waals surface area contributed by atoms with Gasteiger partial charge in [-0.15, -0.1) is 0 Å². The van der Waals surface area contributed by atoms with Crippen LogP contribution in [-0.2, 0) is 13.2 Å². The number of aromatic nitrogens is 2. The maximum atomic E-state index is 9.70. The van der Waals surface area contributed by atoms with Gasteiger partial charge < -0.3 is 9.67 Å². The molecule has 27 heavy (non-hydrogen) atoms. The second kappa shape index (κ2) is 7.63. The standard InChI is InChI=1S/C21H17ClN4O/c1-13-19(9-24)21(16-5-3-15(8-23)4-6-16)14(2)26(13)11-18-7-17(12-27)20(22)10-25-18/h3-7,10,27H,11-12H2,1-2H3. The van der Waals surface area contributed by atoms with Gasteiger partial charge in [-0.2, -0.15) is 10.5 Å². The zero-order chi connectivity index (χ0) is 19.6. The Balaban J connectivity index is 2.09. The summed E-state index contributed by atoms with van der Waals surface area (Å²) in [5, 5.41) is 28.5.